The van der Waals surface area contributed by atoms with E-state index in [0.717, 1.165) is 37.9 Å². The van der Waals surface area contributed by atoms with Crippen LogP contribution in [0.1, 0.15) is 99.9 Å². The van der Waals surface area contributed by atoms with Crippen molar-refractivity contribution in [3.63, 3.8) is 0 Å². The molecule has 0 aliphatic heterocycles. The molecule has 2 fully saturated rings. The van der Waals surface area contributed by atoms with Crippen LogP contribution in [-0.4, -0.2) is 18.7 Å². The predicted octanol–water partition coefficient (Wildman–Crippen LogP) is 6.35. The van der Waals surface area contributed by atoms with E-state index in [2.05, 4.69) is 19.1 Å². The molecule has 154 valence electrons. The predicted molar refractivity (Wildman–Crippen MR) is 113 cm³/mol. The van der Waals surface area contributed by atoms with E-state index >= 15 is 0 Å². The normalized spacial score (nSPS) is 27.9. The van der Waals surface area contributed by atoms with Crippen molar-refractivity contribution >= 4 is 12.1 Å². The monoisotopic (exact) mass is 384 g/mol. The quantitative estimate of drug-likeness (QED) is 0.491. The maximum atomic E-state index is 11.7. The highest BCUT2D eigenvalue weighted by Crippen LogP contribution is 2.38. The second-order valence-corrected chi connectivity index (χ2v) is 9.06. The smallest absolute Gasteiger partial charge is 0.153 e. The zero-order chi connectivity index (χ0) is 19.9. The van der Waals surface area contributed by atoms with Gasteiger partial charge < -0.3 is 4.74 Å². The van der Waals surface area contributed by atoms with Crippen LogP contribution in [0.3, 0.4) is 0 Å². The van der Waals surface area contributed by atoms with Gasteiger partial charge in [0.15, 0.2) is 6.29 Å². The van der Waals surface area contributed by atoms with Gasteiger partial charge in [0.05, 0.1) is 12.2 Å². The van der Waals surface area contributed by atoms with Crippen molar-refractivity contribution in [3.05, 3.63) is 29.3 Å². The summed E-state index contributed by atoms with van der Waals surface area (Å²) >= 11 is 0. The zero-order valence-corrected chi connectivity index (χ0v) is 17.6. The number of rotatable bonds is 8. The van der Waals surface area contributed by atoms with E-state index in [1.807, 2.05) is 6.07 Å². The number of aldehydes is 1. The molecule has 3 rings (SSSR count). The van der Waals surface area contributed by atoms with Crippen LogP contribution in [0.15, 0.2) is 18.2 Å². The molecule has 0 atom stereocenters. The molecule has 3 heteroatoms. The van der Waals surface area contributed by atoms with Crippen molar-refractivity contribution in [2.24, 2.45) is 17.8 Å². The lowest BCUT2D eigenvalue weighted by Gasteiger charge is -2.29. The van der Waals surface area contributed by atoms with Crippen LogP contribution < -0.4 is 4.74 Å². The van der Waals surface area contributed by atoms with Crippen LogP contribution in [0.5, 0.6) is 5.75 Å². The minimum Gasteiger partial charge on any atom is -0.493 e. The third-order valence-electron chi connectivity index (χ3n) is 7.07. The van der Waals surface area contributed by atoms with E-state index in [1.165, 1.54) is 44.1 Å². The van der Waals surface area contributed by atoms with E-state index in [9.17, 15) is 9.59 Å². The van der Waals surface area contributed by atoms with Crippen molar-refractivity contribution in [1.82, 2.24) is 0 Å². The number of carbonyl (C=O) groups is 2. The van der Waals surface area contributed by atoms with E-state index < -0.39 is 0 Å². The molecule has 3 nitrogen and oxygen atoms in total. The van der Waals surface area contributed by atoms with Crippen molar-refractivity contribution in [3.8, 4) is 5.75 Å². The van der Waals surface area contributed by atoms with Gasteiger partial charge in [-0.25, -0.2) is 0 Å². The Bertz CT molecular complexity index is 650. The molecule has 0 aromatic heterocycles. The van der Waals surface area contributed by atoms with Gasteiger partial charge >= 0.3 is 0 Å². The molecule has 0 bridgehead atoms. The molecule has 0 unspecified atom stereocenters. The summed E-state index contributed by atoms with van der Waals surface area (Å²) < 4.78 is 6.04. The van der Waals surface area contributed by atoms with Crippen LogP contribution in [0.25, 0.3) is 0 Å². The van der Waals surface area contributed by atoms with Gasteiger partial charge in [0, 0.05) is 5.92 Å². The third kappa shape index (κ3) is 5.46. The molecule has 28 heavy (non-hydrogen) atoms. The van der Waals surface area contributed by atoms with Gasteiger partial charge in [-0.3, -0.25) is 9.59 Å². The molecular weight excluding hydrogens is 348 g/mol. The summed E-state index contributed by atoms with van der Waals surface area (Å²) in [4.78, 5) is 23.2. The highest BCUT2D eigenvalue weighted by atomic mass is 16.5. The van der Waals surface area contributed by atoms with Gasteiger partial charge in [0.25, 0.3) is 0 Å². The average molecular weight is 385 g/mol. The summed E-state index contributed by atoms with van der Waals surface area (Å²) in [5.41, 5.74) is 1.98. The Balaban J connectivity index is 1.54. The molecule has 2 saturated carbocycles. The highest BCUT2D eigenvalue weighted by molar-refractivity contribution is 5.79. The van der Waals surface area contributed by atoms with Crippen LogP contribution in [0.2, 0.25) is 0 Å². The van der Waals surface area contributed by atoms with Gasteiger partial charge in [-0.05, 0) is 93.7 Å². The molecule has 1 aromatic carbocycles. The molecule has 2 aliphatic rings. The molecule has 0 N–H and O–H groups in total. The van der Waals surface area contributed by atoms with Crippen molar-refractivity contribution in [2.75, 3.05) is 6.61 Å². The molecule has 0 heterocycles. The SMILES string of the molecule is CCCC1CCC(c2ccc(OCC3CCC(C(C)=O)CC3)c(C=O)c2)CC1. The molecule has 2 aliphatic carbocycles. The summed E-state index contributed by atoms with van der Waals surface area (Å²) in [6, 6.07) is 6.22. The molecule has 0 radical (unpaired) electrons. The zero-order valence-electron chi connectivity index (χ0n) is 17.6. The fourth-order valence-corrected chi connectivity index (χ4v) is 5.18. The number of ether oxygens (including phenoxy) is 1. The lowest BCUT2D eigenvalue weighted by molar-refractivity contribution is -0.121. The fraction of sp³-hybridized carbons (Fsp3) is 0.680. The van der Waals surface area contributed by atoms with Gasteiger partial charge in [0.1, 0.15) is 11.5 Å². The number of hydrogen-bond acceptors (Lipinski definition) is 3. The lowest BCUT2D eigenvalue weighted by atomic mass is 9.77. The number of Topliss-reactive ketones (excluding diaryl/α,β-unsaturated/α-hetero) is 1. The average Bonchev–Trinajstić information content (AvgIpc) is 2.73. The van der Waals surface area contributed by atoms with Crippen LogP contribution >= 0.6 is 0 Å². The maximum absolute atomic E-state index is 11.7. The van der Waals surface area contributed by atoms with Crippen LogP contribution in [0, 0.1) is 17.8 Å². The van der Waals surface area contributed by atoms with E-state index in [-0.39, 0.29) is 5.92 Å². The Labute approximate surface area is 170 Å². The Morgan fingerprint density at radius 1 is 1.04 bits per heavy atom. The van der Waals surface area contributed by atoms with Crippen molar-refractivity contribution in [2.45, 2.75) is 84.0 Å². The van der Waals surface area contributed by atoms with Gasteiger partial charge in [-0.2, -0.15) is 0 Å². The Kier molecular flexibility index (Phi) is 7.70. The van der Waals surface area contributed by atoms with Crippen LogP contribution in [-0.2, 0) is 4.79 Å². The van der Waals surface area contributed by atoms with E-state index in [4.69, 9.17) is 4.74 Å². The Morgan fingerprint density at radius 3 is 2.32 bits per heavy atom. The summed E-state index contributed by atoms with van der Waals surface area (Å²) in [5.74, 6) is 3.25. The first-order valence-corrected chi connectivity index (χ1v) is 11.3. The number of ketones is 1. The second kappa shape index (κ2) is 10.2. The highest BCUT2D eigenvalue weighted by Gasteiger charge is 2.25. The largest absolute Gasteiger partial charge is 0.493 e. The van der Waals surface area contributed by atoms with Gasteiger partial charge in [-0.15, -0.1) is 0 Å². The summed E-state index contributed by atoms with van der Waals surface area (Å²) in [5, 5.41) is 0. The van der Waals surface area contributed by atoms with E-state index in [1.54, 1.807) is 6.92 Å². The standard InChI is InChI=1S/C25H36O3/c1-3-4-19-5-11-22(12-6-19)23-13-14-25(24(15-23)16-26)28-17-20-7-9-21(10-8-20)18(2)27/h13-16,19-22H,3-12,17H2,1-2H3. The van der Waals surface area contributed by atoms with E-state index in [0.29, 0.717) is 35.5 Å². The fourth-order valence-electron chi connectivity index (χ4n) is 5.18. The number of hydrogen-bond donors (Lipinski definition) is 0. The lowest BCUT2D eigenvalue weighted by Crippen LogP contribution is -2.23. The molecular formula is C25H36O3. The summed E-state index contributed by atoms with van der Waals surface area (Å²) in [7, 11) is 0. The minimum atomic E-state index is 0.244. The van der Waals surface area contributed by atoms with Crippen molar-refractivity contribution < 1.29 is 14.3 Å². The number of carbonyl (C=O) groups excluding carboxylic acids is 2. The Morgan fingerprint density at radius 2 is 1.71 bits per heavy atom. The minimum absolute atomic E-state index is 0.244. The molecule has 1 aromatic rings. The first-order chi connectivity index (χ1) is 13.6. The molecule has 0 saturated heterocycles. The summed E-state index contributed by atoms with van der Waals surface area (Å²) in [6.45, 7) is 4.62. The van der Waals surface area contributed by atoms with Crippen LogP contribution in [0.4, 0.5) is 0 Å². The first-order valence-electron chi connectivity index (χ1n) is 11.3. The molecule has 0 amide bonds. The third-order valence-corrected chi connectivity index (χ3v) is 7.07. The maximum Gasteiger partial charge on any atom is 0.153 e. The van der Waals surface area contributed by atoms with Crippen molar-refractivity contribution in [1.29, 1.82) is 0 Å². The first kappa shape index (κ1) is 21.1. The summed E-state index contributed by atoms with van der Waals surface area (Å²) in [6.07, 6.45) is 12.7. The second-order valence-electron chi connectivity index (χ2n) is 9.06. The Hall–Kier alpha value is -1.64. The molecule has 0 spiro atoms. The van der Waals surface area contributed by atoms with Gasteiger partial charge in [-0.1, -0.05) is 25.8 Å². The topological polar surface area (TPSA) is 43.4 Å². The van der Waals surface area contributed by atoms with Gasteiger partial charge in [0.2, 0.25) is 0 Å². The number of benzene rings is 1.